The van der Waals surface area contributed by atoms with Crippen molar-refractivity contribution in [1.82, 2.24) is 0 Å². The van der Waals surface area contributed by atoms with Gasteiger partial charge < -0.3 is 0 Å². The lowest BCUT2D eigenvalue weighted by Gasteiger charge is -2.23. The van der Waals surface area contributed by atoms with Gasteiger partial charge in [-0.05, 0) is 12.1 Å². The Morgan fingerprint density at radius 3 is 1.88 bits per heavy atom. The van der Waals surface area contributed by atoms with Gasteiger partial charge in [0.25, 0.3) is 0 Å². The molecule has 0 aromatic heterocycles. The van der Waals surface area contributed by atoms with E-state index < -0.39 is 8.07 Å². The highest BCUT2D eigenvalue weighted by molar-refractivity contribution is 7.00. The van der Waals surface area contributed by atoms with Crippen LogP contribution in [0.3, 0.4) is 0 Å². The van der Waals surface area contributed by atoms with E-state index in [1.165, 1.54) is 10.4 Å². The van der Waals surface area contributed by atoms with E-state index in [-0.39, 0.29) is 0 Å². The molecule has 0 atom stereocenters. The van der Waals surface area contributed by atoms with Crippen molar-refractivity contribution in [3.05, 3.63) is 60.2 Å². The van der Waals surface area contributed by atoms with E-state index in [0.29, 0.717) is 0 Å². The Balaban J connectivity index is 2.41. The molecule has 0 saturated carbocycles. The molecular formula is C15H15NSi. The second-order valence-corrected chi connectivity index (χ2v) is 9.08. The molecule has 2 heteroatoms. The molecule has 0 amide bonds. The predicted octanol–water partition coefficient (Wildman–Crippen LogP) is 2.38. The summed E-state index contributed by atoms with van der Waals surface area (Å²) in [7, 11) is -1.60. The second kappa shape index (κ2) is 4.56. The molecule has 0 fully saturated rings. The third kappa shape index (κ3) is 2.30. The first-order valence-electron chi connectivity index (χ1n) is 5.71. The zero-order chi connectivity index (χ0) is 12.3. The Morgan fingerprint density at radius 2 is 1.35 bits per heavy atom. The average Bonchev–Trinajstić information content (AvgIpc) is 2.40. The van der Waals surface area contributed by atoms with Crippen LogP contribution in [0.5, 0.6) is 0 Å². The molecule has 0 saturated heterocycles. The highest BCUT2D eigenvalue weighted by Crippen LogP contribution is 2.05. The highest BCUT2D eigenvalue weighted by atomic mass is 28.3. The Kier molecular flexibility index (Phi) is 3.12. The fourth-order valence-corrected chi connectivity index (χ4v) is 4.34. The van der Waals surface area contributed by atoms with Crippen LogP contribution in [-0.4, -0.2) is 8.07 Å². The number of benzene rings is 2. The van der Waals surface area contributed by atoms with Crippen molar-refractivity contribution in [3.63, 3.8) is 0 Å². The lowest BCUT2D eigenvalue weighted by atomic mass is 10.2. The topological polar surface area (TPSA) is 23.8 Å². The summed E-state index contributed by atoms with van der Waals surface area (Å²) in [5, 5.41) is 11.6. The predicted molar refractivity (Wildman–Crippen MR) is 74.3 cm³/mol. The summed E-state index contributed by atoms with van der Waals surface area (Å²) in [5.74, 6) is 0. The third-order valence-electron chi connectivity index (χ3n) is 3.23. The number of hydrogen-bond acceptors (Lipinski definition) is 1. The molecule has 2 aromatic rings. The number of nitrogens with zero attached hydrogens (tertiary/aromatic N) is 1. The first kappa shape index (κ1) is 11.6. The smallest absolute Gasteiger partial charge is 0.112 e. The van der Waals surface area contributed by atoms with Crippen LogP contribution in [0.15, 0.2) is 54.6 Å². The lowest BCUT2D eigenvalue weighted by Crippen LogP contribution is -2.52. The maximum Gasteiger partial charge on any atom is 0.112 e. The summed E-state index contributed by atoms with van der Waals surface area (Å²) in [6, 6.07) is 20.8. The Labute approximate surface area is 103 Å². The maximum atomic E-state index is 8.81. The molecule has 0 radical (unpaired) electrons. The van der Waals surface area contributed by atoms with Gasteiger partial charge in [-0.1, -0.05) is 65.9 Å². The van der Waals surface area contributed by atoms with Gasteiger partial charge in [0.15, 0.2) is 0 Å². The minimum absolute atomic E-state index is 0.728. The fraction of sp³-hybridized carbons (Fsp3) is 0.133. The zero-order valence-corrected chi connectivity index (χ0v) is 11.1. The Bertz CT molecular complexity index is 535. The van der Waals surface area contributed by atoms with Gasteiger partial charge in [-0.25, -0.2) is 0 Å². The average molecular weight is 237 g/mol. The molecule has 0 bridgehead atoms. The lowest BCUT2D eigenvalue weighted by molar-refractivity contribution is 1.49. The summed E-state index contributed by atoms with van der Waals surface area (Å²) in [6.07, 6.45) is 0. The van der Waals surface area contributed by atoms with Gasteiger partial charge in [0.05, 0.1) is 11.6 Å². The van der Waals surface area contributed by atoms with E-state index in [0.717, 1.165) is 5.56 Å². The second-order valence-electron chi connectivity index (χ2n) is 4.68. The molecule has 0 aliphatic carbocycles. The summed E-state index contributed by atoms with van der Waals surface area (Å²) >= 11 is 0. The van der Waals surface area contributed by atoms with Crippen molar-refractivity contribution < 1.29 is 0 Å². The fourth-order valence-electron chi connectivity index (χ4n) is 1.98. The minimum atomic E-state index is -1.60. The van der Waals surface area contributed by atoms with Crippen molar-refractivity contribution in [1.29, 1.82) is 5.26 Å². The molecular weight excluding hydrogens is 222 g/mol. The van der Waals surface area contributed by atoms with Gasteiger partial charge in [0.1, 0.15) is 8.07 Å². The Morgan fingerprint density at radius 1 is 0.824 bits per heavy atom. The summed E-state index contributed by atoms with van der Waals surface area (Å²) in [4.78, 5) is 0. The molecule has 0 unspecified atom stereocenters. The maximum absolute atomic E-state index is 8.81. The minimum Gasteiger partial charge on any atom is -0.192 e. The van der Waals surface area contributed by atoms with Gasteiger partial charge in [-0.15, -0.1) is 0 Å². The molecule has 0 aliphatic rings. The molecule has 17 heavy (non-hydrogen) atoms. The van der Waals surface area contributed by atoms with Crippen LogP contribution in [0.25, 0.3) is 0 Å². The van der Waals surface area contributed by atoms with Crippen LogP contribution in [0.4, 0.5) is 0 Å². The zero-order valence-electron chi connectivity index (χ0n) is 10.1. The summed E-state index contributed by atoms with van der Waals surface area (Å²) in [6.45, 7) is 4.67. The van der Waals surface area contributed by atoms with E-state index in [1.807, 2.05) is 18.2 Å². The molecule has 2 aromatic carbocycles. The van der Waals surface area contributed by atoms with Gasteiger partial charge in [-0.2, -0.15) is 5.26 Å². The number of rotatable bonds is 2. The van der Waals surface area contributed by atoms with Gasteiger partial charge in [0.2, 0.25) is 0 Å². The first-order valence-corrected chi connectivity index (χ1v) is 8.71. The molecule has 0 aliphatic heterocycles. The van der Waals surface area contributed by atoms with E-state index in [4.69, 9.17) is 5.26 Å². The van der Waals surface area contributed by atoms with Crippen molar-refractivity contribution in [3.8, 4) is 6.07 Å². The van der Waals surface area contributed by atoms with E-state index in [1.54, 1.807) is 0 Å². The van der Waals surface area contributed by atoms with E-state index in [2.05, 4.69) is 55.6 Å². The van der Waals surface area contributed by atoms with E-state index >= 15 is 0 Å². The van der Waals surface area contributed by atoms with Crippen LogP contribution >= 0.6 is 0 Å². The van der Waals surface area contributed by atoms with Crippen molar-refractivity contribution in [2.24, 2.45) is 0 Å². The van der Waals surface area contributed by atoms with Crippen LogP contribution in [0.1, 0.15) is 5.56 Å². The molecule has 84 valence electrons. The van der Waals surface area contributed by atoms with Crippen molar-refractivity contribution in [2.45, 2.75) is 13.1 Å². The first-order chi connectivity index (χ1) is 8.14. The molecule has 0 N–H and O–H groups in total. The van der Waals surface area contributed by atoms with E-state index in [9.17, 15) is 0 Å². The van der Waals surface area contributed by atoms with Gasteiger partial charge in [-0.3, -0.25) is 0 Å². The molecule has 0 spiro atoms. The van der Waals surface area contributed by atoms with Gasteiger partial charge in [0, 0.05) is 0 Å². The SMILES string of the molecule is C[Si](C)(c1ccccc1)c1ccc(C#N)cc1. The highest BCUT2D eigenvalue weighted by Gasteiger charge is 2.25. The van der Waals surface area contributed by atoms with Gasteiger partial charge >= 0.3 is 0 Å². The Hall–Kier alpha value is -1.85. The third-order valence-corrected chi connectivity index (χ3v) is 6.78. The molecule has 2 rings (SSSR count). The number of hydrogen-bond donors (Lipinski definition) is 0. The molecule has 1 nitrogen and oxygen atoms in total. The molecule has 0 heterocycles. The van der Waals surface area contributed by atoms with Crippen LogP contribution in [-0.2, 0) is 0 Å². The van der Waals surface area contributed by atoms with Crippen molar-refractivity contribution >= 4 is 18.4 Å². The summed E-state index contributed by atoms with van der Waals surface area (Å²) < 4.78 is 0. The largest absolute Gasteiger partial charge is 0.192 e. The normalized spacial score (nSPS) is 10.9. The summed E-state index contributed by atoms with van der Waals surface area (Å²) in [5.41, 5.74) is 0.728. The standard InChI is InChI=1S/C15H15NSi/c1-17(2,14-6-4-3-5-7-14)15-10-8-13(12-16)9-11-15/h3-11H,1-2H3. The van der Waals surface area contributed by atoms with Crippen LogP contribution in [0, 0.1) is 11.3 Å². The monoisotopic (exact) mass is 237 g/mol. The van der Waals surface area contributed by atoms with Crippen LogP contribution < -0.4 is 10.4 Å². The van der Waals surface area contributed by atoms with Crippen LogP contribution in [0.2, 0.25) is 13.1 Å². The van der Waals surface area contributed by atoms with Crippen molar-refractivity contribution in [2.75, 3.05) is 0 Å². The number of nitriles is 1. The quantitative estimate of drug-likeness (QED) is 0.736.